The number of nitrogens with two attached hydrogens (primary N) is 1. The van der Waals surface area contributed by atoms with E-state index in [2.05, 4.69) is 0 Å². The molecule has 0 unspecified atom stereocenters. The predicted molar refractivity (Wildman–Crippen MR) is 106 cm³/mol. The summed E-state index contributed by atoms with van der Waals surface area (Å²) in [4.78, 5) is 47.7. The smallest absolute Gasteiger partial charge is 0.293 e. The average Bonchev–Trinajstić information content (AvgIpc) is 2.95. The quantitative estimate of drug-likeness (QED) is 0.419. The van der Waals surface area contributed by atoms with Gasteiger partial charge in [-0.25, -0.2) is 0 Å². The van der Waals surface area contributed by atoms with Gasteiger partial charge in [-0.05, 0) is 23.9 Å². The molecule has 0 aromatic heterocycles. The summed E-state index contributed by atoms with van der Waals surface area (Å²) in [5, 5.41) is 10.6. The number of hydrogen-bond donors (Lipinski definition) is 1. The summed E-state index contributed by atoms with van der Waals surface area (Å²) in [6.45, 7) is -0.539. The zero-order valence-corrected chi connectivity index (χ0v) is 15.8. The van der Waals surface area contributed by atoms with Crippen molar-refractivity contribution in [2.75, 3.05) is 6.61 Å². The average molecular weight is 413 g/mol. The first-order valence-corrected chi connectivity index (χ1v) is 9.16. The fourth-order valence-electron chi connectivity index (χ4n) is 2.65. The Bertz CT molecular complexity index is 1040. The minimum Gasteiger partial charge on any atom is -0.483 e. The first-order chi connectivity index (χ1) is 13.9. The van der Waals surface area contributed by atoms with E-state index in [-0.39, 0.29) is 29.3 Å². The number of rotatable bonds is 7. The second-order valence-electron chi connectivity index (χ2n) is 5.95. The van der Waals surface area contributed by atoms with Gasteiger partial charge in [-0.2, -0.15) is 0 Å². The van der Waals surface area contributed by atoms with Gasteiger partial charge in [0.25, 0.3) is 22.7 Å². The minimum absolute atomic E-state index is 0.142. The van der Waals surface area contributed by atoms with Crippen LogP contribution in [0.2, 0.25) is 0 Å². The van der Waals surface area contributed by atoms with Crippen molar-refractivity contribution in [3.05, 3.63) is 74.7 Å². The van der Waals surface area contributed by atoms with Gasteiger partial charge in [-0.1, -0.05) is 36.4 Å². The summed E-state index contributed by atoms with van der Waals surface area (Å²) < 4.78 is 5.32. The Hall–Kier alpha value is -3.66. The lowest BCUT2D eigenvalue weighted by Gasteiger charge is -2.12. The Labute approximate surface area is 169 Å². The third-order valence-electron chi connectivity index (χ3n) is 3.97. The van der Waals surface area contributed by atoms with Crippen LogP contribution in [0.15, 0.2) is 53.4 Å². The zero-order valence-electron chi connectivity index (χ0n) is 14.9. The lowest BCUT2D eigenvalue weighted by atomic mass is 10.1. The Balaban J connectivity index is 1.85. The number of hydrogen-bond acceptors (Lipinski definition) is 7. The van der Waals surface area contributed by atoms with Crippen molar-refractivity contribution in [1.82, 2.24) is 4.90 Å². The van der Waals surface area contributed by atoms with Gasteiger partial charge in [0.2, 0.25) is 0 Å². The largest absolute Gasteiger partial charge is 0.483 e. The second-order valence-corrected chi connectivity index (χ2v) is 6.94. The van der Waals surface area contributed by atoms with E-state index in [4.69, 9.17) is 10.5 Å². The van der Waals surface area contributed by atoms with Crippen molar-refractivity contribution in [2.24, 2.45) is 5.73 Å². The topological polar surface area (TPSA) is 133 Å². The molecule has 148 valence electrons. The molecule has 1 heterocycles. The summed E-state index contributed by atoms with van der Waals surface area (Å²) in [6, 6.07) is 12.6. The van der Waals surface area contributed by atoms with Gasteiger partial charge in [0.15, 0.2) is 6.61 Å². The number of carbonyl (C=O) groups excluding carboxylic acids is 3. The van der Waals surface area contributed by atoms with E-state index in [1.54, 1.807) is 30.3 Å². The molecule has 3 rings (SSSR count). The van der Waals surface area contributed by atoms with Gasteiger partial charge >= 0.3 is 0 Å². The predicted octanol–water partition coefficient (Wildman–Crippen LogP) is 2.70. The van der Waals surface area contributed by atoms with Crippen LogP contribution in [0, 0.1) is 10.1 Å². The van der Waals surface area contributed by atoms with Crippen molar-refractivity contribution in [3.8, 4) is 5.75 Å². The van der Waals surface area contributed by atoms with Crippen LogP contribution in [0.25, 0.3) is 6.08 Å². The molecule has 0 atom stereocenters. The van der Waals surface area contributed by atoms with E-state index in [0.717, 1.165) is 16.7 Å². The number of thioether (sulfide) groups is 1. The highest BCUT2D eigenvalue weighted by atomic mass is 32.2. The maximum Gasteiger partial charge on any atom is 0.293 e. The fourth-order valence-corrected chi connectivity index (χ4v) is 3.48. The highest BCUT2D eigenvalue weighted by molar-refractivity contribution is 8.18. The highest BCUT2D eigenvalue weighted by Crippen LogP contribution is 2.35. The molecule has 1 saturated heterocycles. The number of nitrogens with zero attached hydrogens (tertiary/aromatic N) is 2. The van der Waals surface area contributed by atoms with Crippen LogP contribution in [0.4, 0.5) is 10.5 Å². The zero-order chi connectivity index (χ0) is 21.0. The molecule has 0 radical (unpaired) electrons. The van der Waals surface area contributed by atoms with E-state index in [1.165, 1.54) is 24.3 Å². The number of para-hydroxylation sites is 2. The van der Waals surface area contributed by atoms with Crippen molar-refractivity contribution < 1.29 is 24.0 Å². The van der Waals surface area contributed by atoms with Crippen LogP contribution in [0.5, 0.6) is 5.75 Å². The summed E-state index contributed by atoms with van der Waals surface area (Å²) >= 11 is 0.725. The molecule has 2 N–H and O–H groups in total. The summed E-state index contributed by atoms with van der Waals surface area (Å²) in [5.41, 5.74) is 5.66. The molecule has 2 aromatic carbocycles. The molecule has 10 heteroatoms. The van der Waals surface area contributed by atoms with Crippen molar-refractivity contribution in [2.45, 2.75) is 6.54 Å². The Morgan fingerprint density at radius 3 is 2.59 bits per heavy atom. The molecule has 1 aliphatic rings. The van der Waals surface area contributed by atoms with Crippen molar-refractivity contribution in [3.63, 3.8) is 0 Å². The number of carbonyl (C=O) groups is 3. The van der Waals surface area contributed by atoms with E-state index < -0.39 is 22.0 Å². The molecule has 2 aromatic rings. The van der Waals surface area contributed by atoms with E-state index >= 15 is 0 Å². The molecule has 0 bridgehead atoms. The number of nitro groups is 1. The molecule has 1 aliphatic heterocycles. The molecular formula is C19H15N3O6S. The molecule has 1 fully saturated rings. The van der Waals surface area contributed by atoms with E-state index in [9.17, 15) is 24.5 Å². The Kier molecular flexibility index (Phi) is 5.93. The number of imide groups is 1. The normalized spacial score (nSPS) is 15.0. The highest BCUT2D eigenvalue weighted by Gasteiger charge is 2.36. The van der Waals surface area contributed by atoms with Gasteiger partial charge in [-0.3, -0.25) is 29.4 Å². The first kappa shape index (κ1) is 20.1. The number of amides is 3. The molecule has 0 spiro atoms. The number of primary amides is 1. The fraction of sp³-hybridized carbons (Fsp3) is 0.105. The molecule has 29 heavy (non-hydrogen) atoms. The summed E-state index contributed by atoms with van der Waals surface area (Å²) in [7, 11) is 0. The molecule has 0 saturated carbocycles. The van der Waals surface area contributed by atoms with Crippen molar-refractivity contribution >= 4 is 40.6 Å². The van der Waals surface area contributed by atoms with Gasteiger partial charge in [-0.15, -0.1) is 0 Å². The van der Waals surface area contributed by atoms with Crippen LogP contribution >= 0.6 is 11.8 Å². The minimum atomic E-state index is -0.649. The van der Waals surface area contributed by atoms with Crippen LogP contribution in [0.3, 0.4) is 0 Å². The van der Waals surface area contributed by atoms with Crippen molar-refractivity contribution in [1.29, 1.82) is 0 Å². The van der Waals surface area contributed by atoms with E-state index in [0.29, 0.717) is 11.3 Å². The van der Waals surface area contributed by atoms with Gasteiger partial charge in [0.05, 0.1) is 16.4 Å². The Morgan fingerprint density at radius 1 is 1.17 bits per heavy atom. The maximum atomic E-state index is 12.7. The van der Waals surface area contributed by atoms with Crippen LogP contribution < -0.4 is 10.5 Å². The molecule has 0 aliphatic carbocycles. The lowest BCUT2D eigenvalue weighted by Crippen LogP contribution is -2.27. The van der Waals surface area contributed by atoms with Gasteiger partial charge in [0, 0.05) is 17.2 Å². The van der Waals surface area contributed by atoms with Gasteiger partial charge in [0.1, 0.15) is 5.75 Å². The first-order valence-electron chi connectivity index (χ1n) is 8.34. The SMILES string of the molecule is NC(=O)COc1ccccc1/C=C1\SC(=O)N(Cc2ccccc2[N+](=O)[O-])C1=O. The summed E-state index contributed by atoms with van der Waals surface area (Å²) in [5.74, 6) is -0.885. The van der Waals surface area contributed by atoms with Crippen LogP contribution in [-0.4, -0.2) is 33.5 Å². The lowest BCUT2D eigenvalue weighted by molar-refractivity contribution is -0.385. The number of nitro benzene ring substituents is 1. The van der Waals surface area contributed by atoms with Crippen LogP contribution in [-0.2, 0) is 16.1 Å². The molecule has 9 nitrogen and oxygen atoms in total. The van der Waals surface area contributed by atoms with Crippen LogP contribution in [0.1, 0.15) is 11.1 Å². The van der Waals surface area contributed by atoms with Gasteiger partial charge < -0.3 is 10.5 Å². The number of ether oxygens (including phenoxy) is 1. The number of benzene rings is 2. The molecule has 3 amide bonds. The maximum absolute atomic E-state index is 12.7. The Morgan fingerprint density at radius 2 is 1.86 bits per heavy atom. The van der Waals surface area contributed by atoms with E-state index in [1.807, 2.05) is 0 Å². The standard InChI is InChI=1S/C19H15N3O6S/c20-17(23)11-28-15-8-4-2-5-12(15)9-16-18(24)21(19(25)29-16)10-13-6-1-3-7-14(13)22(26)27/h1-9H,10-11H2,(H2,20,23)/b16-9-. The third-order valence-corrected chi connectivity index (χ3v) is 4.87. The second kappa shape index (κ2) is 8.57. The monoisotopic (exact) mass is 413 g/mol. The molecular weight excluding hydrogens is 398 g/mol. The summed E-state index contributed by atoms with van der Waals surface area (Å²) in [6.07, 6.45) is 1.47. The third kappa shape index (κ3) is 4.61.